The van der Waals surface area contributed by atoms with Crippen LogP contribution in [0.2, 0.25) is 0 Å². The minimum absolute atomic E-state index is 0.0564. The molecule has 0 aliphatic rings. The van der Waals surface area contributed by atoms with Crippen LogP contribution in [0.5, 0.6) is 0 Å². The fraction of sp³-hybridized carbons (Fsp3) is 1.00. The first-order chi connectivity index (χ1) is 12.3. The molecule has 25 heavy (non-hydrogen) atoms. The van der Waals surface area contributed by atoms with Gasteiger partial charge in [-0.05, 0) is 12.8 Å². The van der Waals surface area contributed by atoms with Gasteiger partial charge < -0.3 is 24.1 Å². The molecule has 0 aromatic carbocycles. The molecule has 1 atom stereocenters. The molecule has 0 radical (unpaired) electrons. The van der Waals surface area contributed by atoms with Crippen LogP contribution in [0, 0.1) is 0 Å². The van der Waals surface area contributed by atoms with Gasteiger partial charge in [0, 0.05) is 0 Å². The van der Waals surface area contributed by atoms with E-state index in [-0.39, 0.29) is 6.61 Å². The molecule has 0 aromatic heterocycles. The van der Waals surface area contributed by atoms with Gasteiger partial charge in [0.25, 0.3) is 0 Å². The molecule has 0 saturated carbocycles. The highest BCUT2D eigenvalue weighted by atomic mass is 16.6. The molecule has 0 aliphatic carbocycles. The lowest BCUT2D eigenvalue weighted by Crippen LogP contribution is -2.17. The SMILES string of the molecule is CCCCCCCCCC(CC)OCCOCCOCCOCCO. The smallest absolute Gasteiger partial charge is 0.0704 e. The summed E-state index contributed by atoms with van der Waals surface area (Å²) in [6.07, 6.45) is 12.1. The molecular weight excluding hydrogens is 320 g/mol. The standard InChI is InChI=1S/C20H42O5/c1-3-5-6-7-8-9-10-11-20(4-2)25-19-18-24-17-16-23-15-14-22-13-12-21/h20-21H,3-19H2,1-2H3. The van der Waals surface area contributed by atoms with Crippen molar-refractivity contribution in [3.05, 3.63) is 0 Å². The fourth-order valence-corrected chi connectivity index (χ4v) is 2.61. The van der Waals surface area contributed by atoms with Crippen LogP contribution in [0.4, 0.5) is 0 Å². The number of ether oxygens (including phenoxy) is 4. The summed E-state index contributed by atoms with van der Waals surface area (Å²) in [6.45, 7) is 8.36. The maximum atomic E-state index is 8.55. The second-order valence-electron chi connectivity index (χ2n) is 6.37. The summed E-state index contributed by atoms with van der Waals surface area (Å²) in [4.78, 5) is 0. The van der Waals surface area contributed by atoms with Crippen molar-refractivity contribution in [1.82, 2.24) is 0 Å². The first-order valence-corrected chi connectivity index (χ1v) is 10.3. The second kappa shape index (κ2) is 21.8. The second-order valence-corrected chi connectivity index (χ2v) is 6.37. The van der Waals surface area contributed by atoms with Gasteiger partial charge in [0.05, 0.1) is 59.0 Å². The number of hydrogen-bond acceptors (Lipinski definition) is 5. The minimum Gasteiger partial charge on any atom is -0.394 e. The van der Waals surface area contributed by atoms with Crippen LogP contribution in [0.25, 0.3) is 0 Å². The molecule has 0 aliphatic heterocycles. The summed E-state index contributed by atoms with van der Waals surface area (Å²) in [5.74, 6) is 0. The van der Waals surface area contributed by atoms with Gasteiger partial charge in [-0.15, -0.1) is 0 Å². The van der Waals surface area contributed by atoms with Gasteiger partial charge in [-0.2, -0.15) is 0 Å². The highest BCUT2D eigenvalue weighted by Crippen LogP contribution is 2.12. The average molecular weight is 363 g/mol. The van der Waals surface area contributed by atoms with Gasteiger partial charge in [-0.1, -0.05) is 58.8 Å². The first-order valence-electron chi connectivity index (χ1n) is 10.3. The predicted octanol–water partition coefficient (Wildman–Crippen LogP) is 3.96. The molecule has 1 N–H and O–H groups in total. The van der Waals surface area contributed by atoms with Crippen molar-refractivity contribution < 1.29 is 24.1 Å². The Labute approximate surface area is 155 Å². The van der Waals surface area contributed by atoms with Crippen LogP contribution in [-0.2, 0) is 18.9 Å². The predicted molar refractivity (Wildman–Crippen MR) is 102 cm³/mol. The van der Waals surface area contributed by atoms with Gasteiger partial charge in [0.1, 0.15) is 0 Å². The Morgan fingerprint density at radius 1 is 0.640 bits per heavy atom. The lowest BCUT2D eigenvalue weighted by Gasteiger charge is -2.16. The Bertz CT molecular complexity index is 238. The van der Waals surface area contributed by atoms with E-state index in [2.05, 4.69) is 13.8 Å². The lowest BCUT2D eigenvalue weighted by molar-refractivity contribution is -0.0231. The normalized spacial score (nSPS) is 12.6. The van der Waals surface area contributed by atoms with E-state index in [0.29, 0.717) is 52.4 Å². The van der Waals surface area contributed by atoms with Crippen molar-refractivity contribution in [2.75, 3.05) is 52.9 Å². The third-order valence-corrected chi connectivity index (χ3v) is 4.15. The molecule has 0 bridgehead atoms. The molecule has 1 unspecified atom stereocenters. The number of aliphatic hydroxyl groups is 1. The topological polar surface area (TPSA) is 57.2 Å². The van der Waals surface area contributed by atoms with Crippen molar-refractivity contribution in [2.45, 2.75) is 77.7 Å². The largest absolute Gasteiger partial charge is 0.394 e. The van der Waals surface area contributed by atoms with Crippen LogP contribution in [-0.4, -0.2) is 64.1 Å². The van der Waals surface area contributed by atoms with E-state index in [1.165, 1.54) is 51.4 Å². The number of unbranched alkanes of at least 4 members (excludes halogenated alkanes) is 6. The molecular formula is C20H42O5. The summed E-state index contributed by atoms with van der Waals surface area (Å²) in [7, 11) is 0. The summed E-state index contributed by atoms with van der Waals surface area (Å²) in [6, 6.07) is 0. The minimum atomic E-state index is 0.0564. The van der Waals surface area contributed by atoms with Crippen molar-refractivity contribution in [3.8, 4) is 0 Å². The van der Waals surface area contributed by atoms with Crippen molar-refractivity contribution in [3.63, 3.8) is 0 Å². The maximum absolute atomic E-state index is 8.55. The van der Waals surface area contributed by atoms with E-state index >= 15 is 0 Å². The Morgan fingerprint density at radius 2 is 1.16 bits per heavy atom. The van der Waals surface area contributed by atoms with Crippen LogP contribution < -0.4 is 0 Å². The van der Waals surface area contributed by atoms with Gasteiger partial charge >= 0.3 is 0 Å². The van der Waals surface area contributed by atoms with Crippen molar-refractivity contribution in [1.29, 1.82) is 0 Å². The third kappa shape index (κ3) is 20.0. The molecule has 0 heterocycles. The van der Waals surface area contributed by atoms with Crippen LogP contribution in [0.3, 0.4) is 0 Å². The first kappa shape index (κ1) is 24.8. The molecule has 0 spiro atoms. The maximum Gasteiger partial charge on any atom is 0.0704 e. The van der Waals surface area contributed by atoms with E-state index in [9.17, 15) is 0 Å². The highest BCUT2D eigenvalue weighted by Gasteiger charge is 2.06. The third-order valence-electron chi connectivity index (χ3n) is 4.15. The molecule has 0 saturated heterocycles. The summed E-state index contributed by atoms with van der Waals surface area (Å²) >= 11 is 0. The molecule has 0 amide bonds. The Kier molecular flexibility index (Phi) is 21.7. The van der Waals surface area contributed by atoms with Gasteiger partial charge in [-0.3, -0.25) is 0 Å². The monoisotopic (exact) mass is 362 g/mol. The fourth-order valence-electron chi connectivity index (χ4n) is 2.61. The summed E-state index contributed by atoms with van der Waals surface area (Å²) in [5.41, 5.74) is 0. The molecule has 5 nitrogen and oxygen atoms in total. The van der Waals surface area contributed by atoms with E-state index in [4.69, 9.17) is 24.1 Å². The Balaban J connectivity index is 3.26. The summed E-state index contributed by atoms with van der Waals surface area (Å²) in [5, 5.41) is 8.55. The molecule has 5 heteroatoms. The number of aliphatic hydroxyl groups excluding tert-OH is 1. The zero-order chi connectivity index (χ0) is 18.4. The highest BCUT2D eigenvalue weighted by molar-refractivity contribution is 4.56. The lowest BCUT2D eigenvalue weighted by atomic mass is 10.1. The molecule has 0 fully saturated rings. The van der Waals surface area contributed by atoms with E-state index < -0.39 is 0 Å². The van der Waals surface area contributed by atoms with Gasteiger partial charge in [0.2, 0.25) is 0 Å². The number of hydrogen-bond donors (Lipinski definition) is 1. The zero-order valence-corrected chi connectivity index (χ0v) is 16.7. The molecule has 152 valence electrons. The van der Waals surface area contributed by atoms with E-state index in [1.54, 1.807) is 0 Å². The Hall–Kier alpha value is -0.200. The Morgan fingerprint density at radius 3 is 1.72 bits per heavy atom. The van der Waals surface area contributed by atoms with Gasteiger partial charge in [-0.25, -0.2) is 0 Å². The quantitative estimate of drug-likeness (QED) is 0.313. The van der Waals surface area contributed by atoms with Gasteiger partial charge in [0.15, 0.2) is 0 Å². The van der Waals surface area contributed by atoms with Crippen LogP contribution in [0.1, 0.15) is 71.6 Å². The van der Waals surface area contributed by atoms with Crippen molar-refractivity contribution >= 4 is 0 Å². The van der Waals surface area contributed by atoms with E-state index in [0.717, 1.165) is 6.42 Å². The zero-order valence-electron chi connectivity index (χ0n) is 16.7. The average Bonchev–Trinajstić information content (AvgIpc) is 2.63. The van der Waals surface area contributed by atoms with Crippen LogP contribution in [0.15, 0.2) is 0 Å². The van der Waals surface area contributed by atoms with Crippen LogP contribution >= 0.6 is 0 Å². The molecule has 0 rings (SSSR count). The number of rotatable bonds is 21. The molecule has 0 aromatic rings. The summed E-state index contributed by atoms with van der Waals surface area (Å²) < 4.78 is 21.9. The van der Waals surface area contributed by atoms with E-state index in [1.807, 2.05) is 0 Å². The van der Waals surface area contributed by atoms with Crippen molar-refractivity contribution in [2.24, 2.45) is 0 Å².